The minimum Gasteiger partial charge on any atom is -0.317 e. The maximum Gasteiger partial charge on any atom is -0.00461 e. The van der Waals surface area contributed by atoms with Crippen molar-refractivity contribution in [2.45, 2.75) is 39.5 Å². The number of aryl methyl sites for hydroxylation is 1. The van der Waals surface area contributed by atoms with E-state index in [0.29, 0.717) is 5.92 Å². The van der Waals surface area contributed by atoms with E-state index in [2.05, 4.69) is 44.3 Å². The van der Waals surface area contributed by atoms with Crippen molar-refractivity contribution in [3.63, 3.8) is 0 Å². The van der Waals surface area contributed by atoms with Gasteiger partial charge in [0.2, 0.25) is 0 Å². The van der Waals surface area contributed by atoms with E-state index in [9.17, 15) is 0 Å². The standard InChI is InChI=1S/C15H23N/c1-11-5-4-6-15(12(11)2)13(3)14-7-9-16-10-8-14/h4-6,13-14,16H,7-10H2,1-3H3. The second-order valence-corrected chi connectivity index (χ2v) is 5.17. The van der Waals surface area contributed by atoms with Gasteiger partial charge in [-0.2, -0.15) is 0 Å². The average molecular weight is 217 g/mol. The van der Waals surface area contributed by atoms with Crippen molar-refractivity contribution in [2.75, 3.05) is 13.1 Å². The topological polar surface area (TPSA) is 12.0 Å². The van der Waals surface area contributed by atoms with Crippen molar-refractivity contribution in [3.8, 4) is 0 Å². The molecule has 88 valence electrons. The molecule has 1 heteroatoms. The van der Waals surface area contributed by atoms with Gasteiger partial charge in [-0.1, -0.05) is 25.1 Å². The zero-order valence-corrected chi connectivity index (χ0v) is 10.7. The van der Waals surface area contributed by atoms with Gasteiger partial charge in [0, 0.05) is 0 Å². The first-order chi connectivity index (χ1) is 7.70. The highest BCUT2D eigenvalue weighted by atomic mass is 14.9. The van der Waals surface area contributed by atoms with E-state index in [1.165, 1.54) is 37.1 Å². The van der Waals surface area contributed by atoms with E-state index in [-0.39, 0.29) is 0 Å². The predicted molar refractivity (Wildman–Crippen MR) is 69.9 cm³/mol. The monoisotopic (exact) mass is 217 g/mol. The first-order valence-electron chi connectivity index (χ1n) is 6.47. The Balaban J connectivity index is 2.19. The quantitative estimate of drug-likeness (QED) is 0.800. The minimum atomic E-state index is 0.710. The lowest BCUT2D eigenvalue weighted by Crippen LogP contribution is -2.30. The van der Waals surface area contributed by atoms with Gasteiger partial charge in [-0.15, -0.1) is 0 Å². The Kier molecular flexibility index (Phi) is 3.65. The van der Waals surface area contributed by atoms with Crippen molar-refractivity contribution in [2.24, 2.45) is 5.92 Å². The SMILES string of the molecule is Cc1cccc(C(C)C2CCNCC2)c1C. The van der Waals surface area contributed by atoms with Crippen molar-refractivity contribution < 1.29 is 0 Å². The highest BCUT2D eigenvalue weighted by Crippen LogP contribution is 2.32. The molecule has 1 aromatic carbocycles. The molecule has 0 aromatic heterocycles. The minimum absolute atomic E-state index is 0.710. The highest BCUT2D eigenvalue weighted by molar-refractivity contribution is 5.35. The summed E-state index contributed by atoms with van der Waals surface area (Å²) in [5, 5.41) is 3.45. The molecule has 0 amide bonds. The third-order valence-corrected chi connectivity index (χ3v) is 4.23. The summed E-state index contributed by atoms with van der Waals surface area (Å²) in [6.07, 6.45) is 2.66. The lowest BCUT2D eigenvalue weighted by molar-refractivity contribution is 0.329. The van der Waals surface area contributed by atoms with Crippen molar-refractivity contribution >= 4 is 0 Å². The molecule has 0 spiro atoms. The molecule has 1 aliphatic heterocycles. The lowest BCUT2D eigenvalue weighted by Gasteiger charge is -2.29. The second kappa shape index (κ2) is 5.01. The third kappa shape index (κ3) is 2.30. The Bertz CT molecular complexity index is 350. The molecule has 16 heavy (non-hydrogen) atoms. The summed E-state index contributed by atoms with van der Waals surface area (Å²) in [5.74, 6) is 1.57. The van der Waals surface area contributed by atoms with Gasteiger partial charge in [0.25, 0.3) is 0 Å². The Morgan fingerprint density at radius 1 is 1.19 bits per heavy atom. The average Bonchev–Trinajstić information content (AvgIpc) is 2.33. The van der Waals surface area contributed by atoms with E-state index >= 15 is 0 Å². The summed E-state index contributed by atoms with van der Waals surface area (Å²) in [4.78, 5) is 0. The highest BCUT2D eigenvalue weighted by Gasteiger charge is 2.22. The fraction of sp³-hybridized carbons (Fsp3) is 0.600. The van der Waals surface area contributed by atoms with Gasteiger partial charge < -0.3 is 5.32 Å². The van der Waals surface area contributed by atoms with Crippen LogP contribution < -0.4 is 5.32 Å². The van der Waals surface area contributed by atoms with Crippen LogP contribution in [0.15, 0.2) is 18.2 Å². The van der Waals surface area contributed by atoms with Crippen molar-refractivity contribution in [3.05, 3.63) is 34.9 Å². The number of nitrogens with one attached hydrogen (secondary N) is 1. The van der Waals surface area contributed by atoms with Gasteiger partial charge in [0.05, 0.1) is 0 Å². The molecule has 1 unspecified atom stereocenters. The summed E-state index contributed by atoms with van der Waals surface area (Å²) >= 11 is 0. The number of hydrogen-bond acceptors (Lipinski definition) is 1. The van der Waals surface area contributed by atoms with E-state index < -0.39 is 0 Å². The molecular formula is C15H23N. The largest absolute Gasteiger partial charge is 0.317 e. The molecule has 0 bridgehead atoms. The van der Waals surface area contributed by atoms with Gasteiger partial charge in [0.15, 0.2) is 0 Å². The van der Waals surface area contributed by atoms with E-state index in [4.69, 9.17) is 0 Å². The van der Waals surface area contributed by atoms with Gasteiger partial charge in [0.1, 0.15) is 0 Å². The lowest BCUT2D eigenvalue weighted by atomic mass is 9.79. The molecular weight excluding hydrogens is 194 g/mol. The molecule has 0 radical (unpaired) electrons. The Labute approximate surface area is 99.3 Å². The van der Waals surface area contributed by atoms with E-state index in [1.54, 1.807) is 5.56 Å². The van der Waals surface area contributed by atoms with Gasteiger partial charge in [-0.25, -0.2) is 0 Å². The van der Waals surface area contributed by atoms with Gasteiger partial charge in [-0.05, 0) is 68.3 Å². The molecule has 0 aliphatic carbocycles. The zero-order chi connectivity index (χ0) is 11.5. The predicted octanol–water partition coefficient (Wildman–Crippen LogP) is 3.41. The first kappa shape index (κ1) is 11.7. The Morgan fingerprint density at radius 3 is 2.56 bits per heavy atom. The fourth-order valence-electron chi connectivity index (χ4n) is 2.87. The maximum absolute atomic E-state index is 3.45. The van der Waals surface area contributed by atoms with Crippen LogP contribution in [0.1, 0.15) is 42.4 Å². The summed E-state index contributed by atoms with van der Waals surface area (Å²) < 4.78 is 0. The van der Waals surface area contributed by atoms with Crippen LogP contribution in [0.3, 0.4) is 0 Å². The van der Waals surface area contributed by atoms with Crippen LogP contribution in [0.5, 0.6) is 0 Å². The number of hydrogen-bond donors (Lipinski definition) is 1. The van der Waals surface area contributed by atoms with Crippen molar-refractivity contribution in [1.82, 2.24) is 5.32 Å². The molecule has 2 rings (SSSR count). The molecule has 1 aromatic rings. The summed E-state index contributed by atoms with van der Waals surface area (Å²) in [5.41, 5.74) is 4.48. The Morgan fingerprint density at radius 2 is 1.88 bits per heavy atom. The molecule has 1 N–H and O–H groups in total. The molecule has 1 nitrogen and oxygen atoms in total. The second-order valence-electron chi connectivity index (χ2n) is 5.17. The molecule has 1 saturated heterocycles. The van der Waals surface area contributed by atoms with Crippen LogP contribution in [-0.2, 0) is 0 Å². The molecule has 0 saturated carbocycles. The van der Waals surface area contributed by atoms with Crippen LogP contribution in [0.2, 0.25) is 0 Å². The fourth-order valence-corrected chi connectivity index (χ4v) is 2.87. The zero-order valence-electron chi connectivity index (χ0n) is 10.7. The van der Waals surface area contributed by atoms with Crippen LogP contribution in [0.4, 0.5) is 0 Å². The molecule has 1 heterocycles. The summed E-state index contributed by atoms with van der Waals surface area (Å²) in [6.45, 7) is 9.27. The Hall–Kier alpha value is -0.820. The van der Waals surface area contributed by atoms with Gasteiger partial charge >= 0.3 is 0 Å². The normalized spacial score (nSPS) is 19.7. The smallest absolute Gasteiger partial charge is 0.00461 e. The van der Waals surface area contributed by atoms with E-state index in [1.807, 2.05) is 0 Å². The van der Waals surface area contributed by atoms with Crippen LogP contribution >= 0.6 is 0 Å². The summed E-state index contributed by atoms with van der Waals surface area (Å²) in [7, 11) is 0. The maximum atomic E-state index is 3.45. The number of piperidine rings is 1. The molecule has 1 aliphatic rings. The summed E-state index contributed by atoms with van der Waals surface area (Å²) in [6, 6.07) is 6.73. The first-order valence-corrected chi connectivity index (χ1v) is 6.47. The van der Waals surface area contributed by atoms with E-state index in [0.717, 1.165) is 5.92 Å². The van der Waals surface area contributed by atoms with Crippen molar-refractivity contribution in [1.29, 1.82) is 0 Å². The van der Waals surface area contributed by atoms with Crippen LogP contribution in [-0.4, -0.2) is 13.1 Å². The van der Waals surface area contributed by atoms with Crippen LogP contribution in [0.25, 0.3) is 0 Å². The number of benzene rings is 1. The van der Waals surface area contributed by atoms with Crippen LogP contribution in [0, 0.1) is 19.8 Å². The molecule has 1 atom stereocenters. The number of rotatable bonds is 2. The molecule has 1 fully saturated rings. The van der Waals surface area contributed by atoms with Gasteiger partial charge in [-0.3, -0.25) is 0 Å². The third-order valence-electron chi connectivity index (χ3n) is 4.23.